The molecule has 2 heteroatoms. The fourth-order valence-corrected chi connectivity index (χ4v) is 3.41. The average molecular weight is 292 g/mol. The van der Waals surface area contributed by atoms with Crippen molar-refractivity contribution in [1.82, 2.24) is 0 Å². The molecule has 0 heterocycles. The van der Waals surface area contributed by atoms with E-state index in [2.05, 4.69) is 19.9 Å². The SMILES string of the molecule is CCCCOc1ccc(C2CCC(CCC)CC2)cc1F. The Hall–Kier alpha value is -1.05. The molecule has 0 amide bonds. The highest BCUT2D eigenvalue weighted by Gasteiger charge is 2.22. The van der Waals surface area contributed by atoms with E-state index in [9.17, 15) is 4.39 Å². The summed E-state index contributed by atoms with van der Waals surface area (Å²) in [5, 5.41) is 0. The van der Waals surface area contributed by atoms with Gasteiger partial charge in [0, 0.05) is 0 Å². The third kappa shape index (κ3) is 4.72. The third-order valence-corrected chi connectivity index (χ3v) is 4.73. The summed E-state index contributed by atoms with van der Waals surface area (Å²) in [6.07, 6.45) is 9.70. The van der Waals surface area contributed by atoms with Gasteiger partial charge in [-0.25, -0.2) is 4.39 Å². The first-order chi connectivity index (χ1) is 10.2. The van der Waals surface area contributed by atoms with Crippen LogP contribution >= 0.6 is 0 Å². The first-order valence-electron chi connectivity index (χ1n) is 8.66. The number of ether oxygens (including phenoxy) is 1. The van der Waals surface area contributed by atoms with Gasteiger partial charge in [-0.3, -0.25) is 0 Å². The Balaban J connectivity index is 1.91. The van der Waals surface area contributed by atoms with Crippen LogP contribution in [0.5, 0.6) is 5.75 Å². The van der Waals surface area contributed by atoms with E-state index in [0.717, 1.165) is 24.3 Å². The fourth-order valence-electron chi connectivity index (χ4n) is 3.41. The van der Waals surface area contributed by atoms with E-state index >= 15 is 0 Å². The minimum Gasteiger partial charge on any atom is -0.491 e. The molecule has 0 spiro atoms. The molecule has 0 saturated heterocycles. The monoisotopic (exact) mass is 292 g/mol. The lowest BCUT2D eigenvalue weighted by molar-refractivity contribution is 0.292. The van der Waals surface area contributed by atoms with E-state index < -0.39 is 0 Å². The van der Waals surface area contributed by atoms with Crippen molar-refractivity contribution in [1.29, 1.82) is 0 Å². The maximum absolute atomic E-state index is 14.1. The van der Waals surface area contributed by atoms with Crippen molar-refractivity contribution in [3.8, 4) is 5.75 Å². The highest BCUT2D eigenvalue weighted by molar-refractivity contribution is 5.31. The Morgan fingerprint density at radius 2 is 1.86 bits per heavy atom. The number of rotatable bonds is 7. The molecular formula is C19H29FO. The molecule has 0 N–H and O–H groups in total. The van der Waals surface area contributed by atoms with Crippen LogP contribution in [-0.2, 0) is 0 Å². The number of halogens is 1. The zero-order chi connectivity index (χ0) is 15.1. The molecule has 1 aromatic rings. The smallest absolute Gasteiger partial charge is 0.165 e. The standard InChI is InChI=1S/C19H29FO/c1-3-5-13-21-19-12-11-17(14-18(19)20)16-9-7-15(6-4-2)8-10-16/h11-12,14-16H,3-10,13H2,1-2H3. The zero-order valence-corrected chi connectivity index (χ0v) is 13.5. The van der Waals surface area contributed by atoms with Crippen LogP contribution in [0.1, 0.15) is 76.7 Å². The number of hydrogen-bond acceptors (Lipinski definition) is 1. The van der Waals surface area contributed by atoms with Crippen molar-refractivity contribution in [2.75, 3.05) is 6.61 Å². The Bertz CT molecular complexity index is 422. The van der Waals surface area contributed by atoms with Crippen molar-refractivity contribution in [2.45, 2.75) is 71.1 Å². The second-order valence-corrected chi connectivity index (χ2v) is 6.40. The van der Waals surface area contributed by atoms with Gasteiger partial charge in [0.1, 0.15) is 0 Å². The molecule has 21 heavy (non-hydrogen) atoms. The summed E-state index contributed by atoms with van der Waals surface area (Å²) in [5.74, 6) is 1.65. The molecular weight excluding hydrogens is 263 g/mol. The Kier molecular flexibility index (Phi) is 6.53. The molecule has 0 bridgehead atoms. The van der Waals surface area contributed by atoms with E-state index in [-0.39, 0.29) is 5.82 Å². The highest BCUT2D eigenvalue weighted by Crippen LogP contribution is 2.38. The zero-order valence-electron chi connectivity index (χ0n) is 13.5. The molecule has 1 nitrogen and oxygen atoms in total. The van der Waals surface area contributed by atoms with Gasteiger partial charge < -0.3 is 4.74 Å². The molecule has 0 atom stereocenters. The van der Waals surface area contributed by atoms with Crippen molar-refractivity contribution in [2.24, 2.45) is 5.92 Å². The largest absolute Gasteiger partial charge is 0.491 e. The fraction of sp³-hybridized carbons (Fsp3) is 0.684. The second kappa shape index (κ2) is 8.41. The molecule has 1 aliphatic rings. The van der Waals surface area contributed by atoms with Gasteiger partial charge in [-0.15, -0.1) is 0 Å². The molecule has 0 aliphatic heterocycles. The summed E-state index contributed by atoms with van der Waals surface area (Å²) in [7, 11) is 0. The van der Waals surface area contributed by atoms with Crippen molar-refractivity contribution in [3.63, 3.8) is 0 Å². The van der Waals surface area contributed by atoms with Crippen molar-refractivity contribution in [3.05, 3.63) is 29.6 Å². The molecule has 2 rings (SSSR count). The highest BCUT2D eigenvalue weighted by atomic mass is 19.1. The summed E-state index contributed by atoms with van der Waals surface area (Å²) in [5.41, 5.74) is 1.16. The van der Waals surface area contributed by atoms with Crippen LogP contribution < -0.4 is 4.74 Å². The van der Waals surface area contributed by atoms with Crippen LogP contribution in [0.2, 0.25) is 0 Å². The van der Waals surface area contributed by atoms with Gasteiger partial charge in [0.25, 0.3) is 0 Å². The van der Waals surface area contributed by atoms with Gasteiger partial charge in [-0.2, -0.15) is 0 Å². The Morgan fingerprint density at radius 3 is 2.48 bits per heavy atom. The predicted octanol–water partition coefficient (Wildman–Crippen LogP) is 6.08. The molecule has 118 valence electrons. The van der Waals surface area contributed by atoms with E-state index in [4.69, 9.17) is 4.74 Å². The number of benzene rings is 1. The molecule has 0 radical (unpaired) electrons. The van der Waals surface area contributed by atoms with E-state index in [0.29, 0.717) is 18.3 Å². The Labute approximate surface area is 128 Å². The van der Waals surface area contributed by atoms with E-state index in [1.165, 1.54) is 38.5 Å². The van der Waals surface area contributed by atoms with E-state index in [1.54, 1.807) is 6.07 Å². The van der Waals surface area contributed by atoms with Gasteiger partial charge in [0.2, 0.25) is 0 Å². The average Bonchev–Trinajstić information content (AvgIpc) is 2.50. The lowest BCUT2D eigenvalue weighted by Gasteiger charge is -2.28. The topological polar surface area (TPSA) is 9.23 Å². The summed E-state index contributed by atoms with van der Waals surface area (Å²) in [6, 6.07) is 5.58. The molecule has 0 aromatic heterocycles. The van der Waals surface area contributed by atoms with Gasteiger partial charge in [0.05, 0.1) is 6.61 Å². The van der Waals surface area contributed by atoms with Crippen LogP contribution in [0.3, 0.4) is 0 Å². The van der Waals surface area contributed by atoms with Crippen LogP contribution in [-0.4, -0.2) is 6.61 Å². The van der Waals surface area contributed by atoms with Crippen LogP contribution in [0, 0.1) is 11.7 Å². The van der Waals surface area contributed by atoms with Crippen LogP contribution in [0.25, 0.3) is 0 Å². The second-order valence-electron chi connectivity index (χ2n) is 6.40. The lowest BCUT2D eigenvalue weighted by Crippen LogP contribution is -2.13. The van der Waals surface area contributed by atoms with Crippen LogP contribution in [0.15, 0.2) is 18.2 Å². The van der Waals surface area contributed by atoms with Gasteiger partial charge >= 0.3 is 0 Å². The summed E-state index contributed by atoms with van der Waals surface area (Å²) in [4.78, 5) is 0. The minimum atomic E-state index is -0.195. The normalized spacial score (nSPS) is 22.2. The third-order valence-electron chi connectivity index (χ3n) is 4.73. The molecule has 1 aromatic carbocycles. The van der Waals surface area contributed by atoms with Crippen molar-refractivity contribution >= 4 is 0 Å². The predicted molar refractivity (Wildman–Crippen MR) is 86.4 cm³/mol. The van der Waals surface area contributed by atoms with Crippen molar-refractivity contribution < 1.29 is 9.13 Å². The van der Waals surface area contributed by atoms with Gasteiger partial charge in [-0.05, 0) is 61.6 Å². The quantitative estimate of drug-likeness (QED) is 0.553. The molecule has 1 fully saturated rings. The minimum absolute atomic E-state index is 0.195. The molecule has 0 unspecified atom stereocenters. The Morgan fingerprint density at radius 1 is 1.10 bits per heavy atom. The van der Waals surface area contributed by atoms with Crippen LogP contribution in [0.4, 0.5) is 4.39 Å². The molecule has 1 saturated carbocycles. The number of hydrogen-bond donors (Lipinski definition) is 0. The number of unbranched alkanes of at least 4 members (excludes halogenated alkanes) is 1. The van der Waals surface area contributed by atoms with Gasteiger partial charge in [0.15, 0.2) is 11.6 Å². The summed E-state index contributed by atoms with van der Waals surface area (Å²) in [6.45, 7) is 4.98. The summed E-state index contributed by atoms with van der Waals surface area (Å²) < 4.78 is 19.6. The van der Waals surface area contributed by atoms with Gasteiger partial charge in [-0.1, -0.05) is 39.2 Å². The lowest BCUT2D eigenvalue weighted by atomic mass is 9.77. The summed E-state index contributed by atoms with van der Waals surface area (Å²) >= 11 is 0. The maximum atomic E-state index is 14.1. The molecule has 1 aliphatic carbocycles. The van der Waals surface area contributed by atoms with E-state index in [1.807, 2.05) is 6.07 Å². The first-order valence-corrected chi connectivity index (χ1v) is 8.66. The maximum Gasteiger partial charge on any atom is 0.165 e. The first kappa shape index (κ1) is 16.3.